The Bertz CT molecular complexity index is 1230. The van der Waals surface area contributed by atoms with E-state index in [1.807, 2.05) is 83.4 Å². The molecule has 4 aromatic rings. The number of nitrogens with one attached hydrogen (secondary N) is 2. The summed E-state index contributed by atoms with van der Waals surface area (Å²) in [5.41, 5.74) is 2.81. The molecular formula is C25H24ClN5O2S. The van der Waals surface area contributed by atoms with E-state index in [1.54, 1.807) is 7.11 Å². The number of carbonyl (C=O) groups excluding carboxylic acids is 1. The fraction of sp³-hybridized carbons (Fsp3) is 0.160. The minimum atomic E-state index is -0.0765. The van der Waals surface area contributed by atoms with E-state index in [-0.39, 0.29) is 11.7 Å². The number of hydrogen-bond donors (Lipinski definition) is 2. The number of halogens is 1. The van der Waals surface area contributed by atoms with E-state index in [0.29, 0.717) is 29.1 Å². The summed E-state index contributed by atoms with van der Waals surface area (Å²) >= 11 is 7.57. The zero-order chi connectivity index (χ0) is 23.8. The zero-order valence-corrected chi connectivity index (χ0v) is 20.1. The molecule has 0 atom stereocenters. The van der Waals surface area contributed by atoms with Gasteiger partial charge in [0.1, 0.15) is 5.75 Å². The number of benzene rings is 3. The Labute approximate surface area is 207 Å². The highest BCUT2D eigenvalue weighted by molar-refractivity contribution is 7.99. The first kappa shape index (κ1) is 23.7. The number of anilines is 1. The monoisotopic (exact) mass is 493 g/mol. The van der Waals surface area contributed by atoms with Crippen molar-refractivity contribution in [2.45, 2.75) is 18.2 Å². The number of aromatic nitrogens is 3. The van der Waals surface area contributed by atoms with Gasteiger partial charge in [-0.3, -0.25) is 9.36 Å². The number of methoxy groups -OCH3 is 1. The summed E-state index contributed by atoms with van der Waals surface area (Å²) in [6, 6.07) is 24.9. The summed E-state index contributed by atoms with van der Waals surface area (Å²) in [5.74, 6) is 1.63. The molecule has 1 heterocycles. The molecule has 0 unspecified atom stereocenters. The lowest BCUT2D eigenvalue weighted by Gasteiger charge is -2.12. The van der Waals surface area contributed by atoms with Crippen LogP contribution in [-0.2, 0) is 17.9 Å². The summed E-state index contributed by atoms with van der Waals surface area (Å²) < 4.78 is 7.12. The van der Waals surface area contributed by atoms with Crippen molar-refractivity contribution in [1.29, 1.82) is 0 Å². The highest BCUT2D eigenvalue weighted by atomic mass is 35.5. The van der Waals surface area contributed by atoms with Crippen LogP contribution in [0.2, 0.25) is 5.02 Å². The zero-order valence-electron chi connectivity index (χ0n) is 18.6. The van der Waals surface area contributed by atoms with Crippen molar-refractivity contribution in [3.63, 3.8) is 0 Å². The van der Waals surface area contributed by atoms with Crippen molar-refractivity contribution in [2.24, 2.45) is 0 Å². The Balaban J connectivity index is 1.46. The van der Waals surface area contributed by atoms with E-state index in [1.165, 1.54) is 11.8 Å². The molecule has 34 heavy (non-hydrogen) atoms. The SMILES string of the molecule is COc1ccc(NCc2nnc(SCC(=O)NCc3ccccc3)n2-c2cccc(Cl)c2)cc1. The van der Waals surface area contributed by atoms with Gasteiger partial charge in [0.15, 0.2) is 11.0 Å². The Hall–Kier alpha value is -3.49. The second-order valence-electron chi connectivity index (χ2n) is 7.35. The first-order valence-corrected chi connectivity index (χ1v) is 12.0. The molecule has 0 fully saturated rings. The average molecular weight is 494 g/mol. The maximum absolute atomic E-state index is 12.4. The van der Waals surface area contributed by atoms with Gasteiger partial charge in [-0.05, 0) is 48.0 Å². The lowest BCUT2D eigenvalue weighted by molar-refractivity contribution is -0.118. The predicted octanol–water partition coefficient (Wildman–Crippen LogP) is 4.95. The van der Waals surface area contributed by atoms with Crippen molar-refractivity contribution >= 4 is 35.0 Å². The van der Waals surface area contributed by atoms with Gasteiger partial charge in [0.25, 0.3) is 0 Å². The van der Waals surface area contributed by atoms with Crippen LogP contribution in [0.4, 0.5) is 5.69 Å². The number of nitrogens with zero attached hydrogens (tertiary/aromatic N) is 3. The molecule has 0 radical (unpaired) electrons. The molecule has 0 saturated heterocycles. The molecule has 1 aromatic heterocycles. The van der Waals surface area contributed by atoms with E-state index in [2.05, 4.69) is 20.8 Å². The fourth-order valence-electron chi connectivity index (χ4n) is 3.25. The van der Waals surface area contributed by atoms with Gasteiger partial charge in [-0.25, -0.2) is 0 Å². The van der Waals surface area contributed by atoms with Crippen LogP contribution in [0.15, 0.2) is 84.0 Å². The lowest BCUT2D eigenvalue weighted by Crippen LogP contribution is -2.24. The van der Waals surface area contributed by atoms with Crippen molar-refractivity contribution in [3.8, 4) is 11.4 Å². The molecule has 7 nitrogen and oxygen atoms in total. The molecule has 2 N–H and O–H groups in total. The largest absolute Gasteiger partial charge is 0.497 e. The second kappa shape index (κ2) is 11.6. The third-order valence-electron chi connectivity index (χ3n) is 4.97. The van der Waals surface area contributed by atoms with Crippen molar-refractivity contribution in [3.05, 3.63) is 95.3 Å². The molecule has 0 aliphatic heterocycles. The third-order valence-corrected chi connectivity index (χ3v) is 6.14. The molecule has 0 spiro atoms. The third kappa shape index (κ3) is 6.30. The van der Waals surface area contributed by atoms with Crippen molar-refractivity contribution in [2.75, 3.05) is 18.2 Å². The maximum atomic E-state index is 12.4. The van der Waals surface area contributed by atoms with Gasteiger partial charge >= 0.3 is 0 Å². The van der Waals surface area contributed by atoms with Gasteiger partial charge in [0.05, 0.1) is 25.1 Å². The predicted molar refractivity (Wildman–Crippen MR) is 136 cm³/mol. The standard InChI is InChI=1S/C25H24ClN5O2S/c1-33-22-12-10-20(11-13-22)27-16-23-29-30-25(31(23)21-9-5-8-19(26)14-21)34-17-24(32)28-15-18-6-3-2-4-7-18/h2-14,27H,15-17H2,1H3,(H,28,32). The normalized spacial score (nSPS) is 10.6. The van der Waals surface area contributed by atoms with Crippen molar-refractivity contribution in [1.82, 2.24) is 20.1 Å². The van der Waals surface area contributed by atoms with Crippen LogP contribution < -0.4 is 15.4 Å². The first-order chi connectivity index (χ1) is 16.6. The van der Waals surface area contributed by atoms with Crippen LogP contribution in [0.5, 0.6) is 5.75 Å². The molecule has 9 heteroatoms. The van der Waals surface area contributed by atoms with Crippen LogP contribution in [-0.4, -0.2) is 33.5 Å². The number of thioether (sulfide) groups is 1. The van der Waals surface area contributed by atoms with E-state index >= 15 is 0 Å². The Morgan fingerprint density at radius 3 is 2.53 bits per heavy atom. The van der Waals surface area contributed by atoms with Crippen LogP contribution in [0, 0.1) is 0 Å². The minimum Gasteiger partial charge on any atom is -0.497 e. The lowest BCUT2D eigenvalue weighted by atomic mass is 10.2. The Kier molecular flexibility index (Phi) is 8.06. The minimum absolute atomic E-state index is 0.0765. The van der Waals surface area contributed by atoms with Gasteiger partial charge in [0, 0.05) is 17.3 Å². The molecule has 4 rings (SSSR count). The number of hydrogen-bond acceptors (Lipinski definition) is 6. The molecule has 0 bridgehead atoms. The van der Waals surface area contributed by atoms with Gasteiger partial charge in [-0.2, -0.15) is 0 Å². The number of carbonyl (C=O) groups is 1. The smallest absolute Gasteiger partial charge is 0.230 e. The summed E-state index contributed by atoms with van der Waals surface area (Å²) in [5, 5.41) is 16.2. The van der Waals surface area contributed by atoms with Crippen LogP contribution in [0.25, 0.3) is 5.69 Å². The summed E-state index contributed by atoms with van der Waals surface area (Å²) in [4.78, 5) is 12.4. The average Bonchev–Trinajstić information content (AvgIpc) is 3.28. The molecule has 0 saturated carbocycles. The number of ether oxygens (including phenoxy) is 1. The van der Waals surface area contributed by atoms with Crippen LogP contribution >= 0.6 is 23.4 Å². The van der Waals surface area contributed by atoms with E-state index in [0.717, 1.165) is 22.7 Å². The fourth-order valence-corrected chi connectivity index (χ4v) is 4.24. The molecule has 3 aromatic carbocycles. The van der Waals surface area contributed by atoms with Gasteiger partial charge in [-0.15, -0.1) is 10.2 Å². The molecule has 1 amide bonds. The van der Waals surface area contributed by atoms with Crippen molar-refractivity contribution < 1.29 is 9.53 Å². The van der Waals surface area contributed by atoms with Gasteiger partial charge in [-0.1, -0.05) is 59.8 Å². The summed E-state index contributed by atoms with van der Waals surface area (Å²) in [7, 11) is 1.64. The molecular weight excluding hydrogens is 470 g/mol. The molecule has 174 valence electrons. The van der Waals surface area contributed by atoms with Crippen LogP contribution in [0.3, 0.4) is 0 Å². The van der Waals surface area contributed by atoms with E-state index in [4.69, 9.17) is 16.3 Å². The highest BCUT2D eigenvalue weighted by Crippen LogP contribution is 2.25. The molecule has 0 aliphatic carbocycles. The first-order valence-electron chi connectivity index (χ1n) is 10.6. The number of amides is 1. The Morgan fingerprint density at radius 1 is 1.00 bits per heavy atom. The van der Waals surface area contributed by atoms with Gasteiger partial charge < -0.3 is 15.4 Å². The topological polar surface area (TPSA) is 81.1 Å². The van der Waals surface area contributed by atoms with E-state index < -0.39 is 0 Å². The Morgan fingerprint density at radius 2 is 1.79 bits per heavy atom. The van der Waals surface area contributed by atoms with Gasteiger partial charge in [0.2, 0.25) is 5.91 Å². The van der Waals surface area contributed by atoms with E-state index in [9.17, 15) is 4.79 Å². The number of rotatable bonds is 10. The van der Waals surface area contributed by atoms with Crippen LogP contribution in [0.1, 0.15) is 11.4 Å². The highest BCUT2D eigenvalue weighted by Gasteiger charge is 2.16. The maximum Gasteiger partial charge on any atom is 0.230 e. The summed E-state index contributed by atoms with van der Waals surface area (Å²) in [6.45, 7) is 0.921. The second-order valence-corrected chi connectivity index (χ2v) is 8.73. The quantitative estimate of drug-likeness (QED) is 0.304. The molecule has 0 aliphatic rings. The summed E-state index contributed by atoms with van der Waals surface area (Å²) in [6.07, 6.45) is 0.